The summed E-state index contributed by atoms with van der Waals surface area (Å²) in [7, 11) is 0. The molecule has 1 amide bonds. The minimum Gasteiger partial charge on any atom is -0.492 e. The van der Waals surface area contributed by atoms with Crippen LogP contribution in [-0.4, -0.2) is 61.6 Å². The van der Waals surface area contributed by atoms with E-state index < -0.39 is 0 Å². The van der Waals surface area contributed by atoms with Crippen LogP contribution < -0.4 is 10.1 Å². The van der Waals surface area contributed by atoms with Crippen LogP contribution in [0.5, 0.6) is 5.75 Å². The van der Waals surface area contributed by atoms with Crippen LogP contribution in [0.25, 0.3) is 0 Å². The molecular formula is C24H29N3O2. The first-order valence-electron chi connectivity index (χ1n) is 10.8. The highest BCUT2D eigenvalue weighted by Crippen LogP contribution is 2.49. The molecule has 2 saturated heterocycles. The van der Waals surface area contributed by atoms with Gasteiger partial charge in [-0.2, -0.15) is 0 Å². The first kappa shape index (κ1) is 18.6. The van der Waals surface area contributed by atoms with E-state index in [0.717, 1.165) is 45.0 Å². The zero-order valence-corrected chi connectivity index (χ0v) is 16.7. The number of amides is 1. The highest BCUT2D eigenvalue weighted by atomic mass is 16.5. The highest BCUT2D eigenvalue weighted by Gasteiger charge is 2.57. The first-order valence-corrected chi connectivity index (χ1v) is 10.8. The van der Waals surface area contributed by atoms with Gasteiger partial charge in [-0.15, -0.1) is 0 Å². The van der Waals surface area contributed by atoms with Crippen LogP contribution in [0, 0.1) is 17.8 Å². The van der Waals surface area contributed by atoms with E-state index in [-0.39, 0.29) is 12.0 Å². The second kappa shape index (κ2) is 8.17. The molecule has 0 aromatic heterocycles. The number of carbonyl (C=O) groups is 1. The largest absolute Gasteiger partial charge is 0.492 e. The number of benzene rings is 2. The van der Waals surface area contributed by atoms with Crippen molar-refractivity contribution in [3.05, 3.63) is 66.2 Å². The lowest BCUT2D eigenvalue weighted by atomic mass is 10.0. The van der Waals surface area contributed by atoms with E-state index in [9.17, 15) is 4.79 Å². The average molecular weight is 392 g/mol. The zero-order chi connectivity index (χ0) is 19.6. The number of ether oxygens (including phenoxy) is 1. The van der Waals surface area contributed by atoms with Crippen molar-refractivity contribution in [1.82, 2.24) is 15.1 Å². The van der Waals surface area contributed by atoms with Crippen LogP contribution in [-0.2, 0) is 4.79 Å². The number of piperazine rings is 1. The third kappa shape index (κ3) is 3.89. The van der Waals surface area contributed by atoms with Crippen molar-refractivity contribution in [2.45, 2.75) is 6.04 Å². The van der Waals surface area contributed by atoms with Crippen molar-refractivity contribution in [2.24, 2.45) is 17.8 Å². The van der Waals surface area contributed by atoms with Gasteiger partial charge >= 0.3 is 0 Å². The molecule has 1 saturated carbocycles. The van der Waals surface area contributed by atoms with E-state index in [1.165, 1.54) is 5.56 Å². The van der Waals surface area contributed by atoms with Crippen LogP contribution in [0.2, 0.25) is 0 Å². The van der Waals surface area contributed by atoms with Gasteiger partial charge in [0.2, 0.25) is 5.91 Å². The summed E-state index contributed by atoms with van der Waals surface area (Å²) in [5.41, 5.74) is 1.27. The fourth-order valence-electron chi connectivity index (χ4n) is 5.03. The Morgan fingerprint density at radius 1 is 0.931 bits per heavy atom. The van der Waals surface area contributed by atoms with E-state index in [1.54, 1.807) is 0 Å². The Morgan fingerprint density at radius 2 is 1.55 bits per heavy atom. The lowest BCUT2D eigenvalue weighted by Crippen LogP contribution is -2.51. The van der Waals surface area contributed by atoms with Gasteiger partial charge in [-0.1, -0.05) is 48.5 Å². The van der Waals surface area contributed by atoms with Gasteiger partial charge in [-0.25, -0.2) is 0 Å². The molecule has 2 aromatic rings. The molecule has 1 aliphatic carbocycles. The summed E-state index contributed by atoms with van der Waals surface area (Å²) in [4.78, 5) is 17.5. The molecule has 5 nitrogen and oxygen atoms in total. The molecule has 2 unspecified atom stereocenters. The quantitative estimate of drug-likeness (QED) is 0.822. The molecule has 3 aliphatic rings. The number of hydrogen-bond acceptors (Lipinski definition) is 4. The molecule has 2 aromatic carbocycles. The van der Waals surface area contributed by atoms with Crippen molar-refractivity contribution in [3.8, 4) is 5.75 Å². The Kier molecular flexibility index (Phi) is 5.25. The maximum Gasteiger partial charge on any atom is 0.226 e. The second-order valence-electron chi connectivity index (χ2n) is 8.42. The predicted molar refractivity (Wildman–Crippen MR) is 113 cm³/mol. The van der Waals surface area contributed by atoms with Gasteiger partial charge in [0.15, 0.2) is 0 Å². The number of piperidine rings is 1. The van der Waals surface area contributed by atoms with E-state index in [1.807, 2.05) is 30.3 Å². The van der Waals surface area contributed by atoms with Crippen molar-refractivity contribution < 1.29 is 9.53 Å². The van der Waals surface area contributed by atoms with Crippen molar-refractivity contribution in [1.29, 1.82) is 0 Å². The number of nitrogens with one attached hydrogen (secondary N) is 1. The number of nitrogens with zero attached hydrogens (tertiary/aromatic N) is 2. The van der Waals surface area contributed by atoms with E-state index >= 15 is 0 Å². The third-order valence-corrected chi connectivity index (χ3v) is 6.78. The van der Waals surface area contributed by atoms with Gasteiger partial charge in [-0.3, -0.25) is 9.69 Å². The smallest absolute Gasteiger partial charge is 0.226 e. The lowest BCUT2D eigenvalue weighted by Gasteiger charge is -2.39. The first-order chi connectivity index (χ1) is 14.3. The molecule has 0 bridgehead atoms. The average Bonchev–Trinajstić information content (AvgIpc) is 3.26. The van der Waals surface area contributed by atoms with Crippen LogP contribution in [0.3, 0.4) is 0 Å². The van der Waals surface area contributed by atoms with Gasteiger partial charge < -0.3 is 15.0 Å². The number of carbonyl (C=O) groups excluding carboxylic acids is 1. The van der Waals surface area contributed by atoms with Crippen LogP contribution in [0.4, 0.5) is 0 Å². The van der Waals surface area contributed by atoms with Crippen LogP contribution in [0.1, 0.15) is 11.6 Å². The molecule has 0 radical (unpaired) electrons. The molecule has 2 heterocycles. The molecule has 1 N–H and O–H groups in total. The number of fused-ring (bicyclic) bond motifs is 1. The molecule has 3 fully saturated rings. The second-order valence-corrected chi connectivity index (χ2v) is 8.42. The molecule has 2 aliphatic heterocycles. The Hall–Kier alpha value is -2.37. The lowest BCUT2D eigenvalue weighted by molar-refractivity contribution is -0.135. The molecule has 4 atom stereocenters. The maximum absolute atomic E-state index is 12.9. The number of hydrogen-bond donors (Lipinski definition) is 1. The summed E-state index contributed by atoms with van der Waals surface area (Å²) < 4.78 is 6.12. The Morgan fingerprint density at radius 3 is 2.21 bits per heavy atom. The molecular weight excluding hydrogens is 362 g/mol. The van der Waals surface area contributed by atoms with Crippen molar-refractivity contribution in [3.63, 3.8) is 0 Å². The monoisotopic (exact) mass is 391 g/mol. The number of rotatable bonds is 6. The zero-order valence-electron chi connectivity index (χ0n) is 16.7. The molecule has 29 heavy (non-hydrogen) atoms. The molecule has 5 rings (SSSR count). The summed E-state index contributed by atoms with van der Waals surface area (Å²) >= 11 is 0. The minimum absolute atomic E-state index is 0.193. The fraction of sp³-hybridized carbons (Fsp3) is 0.458. The van der Waals surface area contributed by atoms with E-state index in [2.05, 4.69) is 45.4 Å². The summed E-state index contributed by atoms with van der Waals surface area (Å²) in [6.07, 6.45) is 0. The fourth-order valence-corrected chi connectivity index (χ4v) is 5.03. The summed E-state index contributed by atoms with van der Waals surface area (Å²) in [5, 5.41) is 3.38. The predicted octanol–water partition coefficient (Wildman–Crippen LogP) is 2.42. The highest BCUT2D eigenvalue weighted by molar-refractivity contribution is 5.82. The normalized spacial score (nSPS) is 27.3. The Balaban J connectivity index is 1.22. The SMILES string of the molecule is O=C(C1[C@H]2CNC[C@@H]12)N1CCN(C(COc2ccccc2)c2ccccc2)CC1. The van der Waals surface area contributed by atoms with Gasteiger partial charge in [0.25, 0.3) is 0 Å². The molecule has 5 heteroatoms. The topological polar surface area (TPSA) is 44.8 Å². The van der Waals surface area contributed by atoms with Crippen molar-refractivity contribution in [2.75, 3.05) is 45.9 Å². The Bertz CT molecular complexity index is 811. The van der Waals surface area contributed by atoms with E-state index in [4.69, 9.17) is 4.74 Å². The standard InChI is InChI=1S/C24H29N3O2/c28-24(23-20-15-25-16-21(20)23)27-13-11-26(12-14-27)22(18-7-3-1-4-8-18)17-29-19-9-5-2-6-10-19/h1-10,20-23,25H,11-17H2/t20-,21+,22?,23?. The third-order valence-electron chi connectivity index (χ3n) is 6.78. The van der Waals surface area contributed by atoms with Gasteiger partial charge in [0, 0.05) is 32.1 Å². The summed E-state index contributed by atoms with van der Waals surface area (Å²) in [6, 6.07) is 20.8. The maximum atomic E-state index is 12.9. The van der Waals surface area contributed by atoms with Gasteiger partial charge in [0.05, 0.1) is 6.04 Å². The Labute approximate surface area is 172 Å². The van der Waals surface area contributed by atoms with Gasteiger partial charge in [-0.05, 0) is 42.6 Å². The molecule has 0 spiro atoms. The number of para-hydroxylation sites is 1. The van der Waals surface area contributed by atoms with Crippen LogP contribution in [0.15, 0.2) is 60.7 Å². The summed E-state index contributed by atoms with van der Waals surface area (Å²) in [5.74, 6) is 2.76. The van der Waals surface area contributed by atoms with Crippen molar-refractivity contribution >= 4 is 5.91 Å². The molecule has 152 valence electrons. The van der Waals surface area contributed by atoms with Crippen LogP contribution >= 0.6 is 0 Å². The van der Waals surface area contributed by atoms with E-state index in [0.29, 0.717) is 24.3 Å². The minimum atomic E-state index is 0.193. The summed E-state index contributed by atoms with van der Waals surface area (Å²) in [6.45, 7) is 6.07. The van der Waals surface area contributed by atoms with Gasteiger partial charge in [0.1, 0.15) is 12.4 Å².